The van der Waals surface area contributed by atoms with E-state index in [1.54, 1.807) is 0 Å². The summed E-state index contributed by atoms with van der Waals surface area (Å²) in [6.07, 6.45) is 0. The average molecular weight is 239 g/mol. The molecule has 1 N–H and O–H groups in total. The van der Waals surface area contributed by atoms with Crippen molar-refractivity contribution in [3.8, 4) is 6.07 Å². The van der Waals surface area contributed by atoms with Crippen LogP contribution in [0.5, 0.6) is 0 Å². The first kappa shape index (κ1) is 13.6. The molecule has 0 amide bonds. The fraction of sp³-hybridized carbons (Fsp3) is 0.417. The number of likely N-dealkylation sites (N-methyl/N-ethyl adjacent to an activating group) is 1. The first-order valence-electron chi connectivity index (χ1n) is 5.27. The number of hydrogen-bond acceptors (Lipinski definition) is 3. The van der Waals surface area contributed by atoms with E-state index in [2.05, 4.69) is 5.32 Å². The van der Waals surface area contributed by atoms with Gasteiger partial charge < -0.3 is 4.90 Å². The molecule has 1 aromatic rings. The molecule has 1 unspecified atom stereocenters. The van der Waals surface area contributed by atoms with Crippen LogP contribution in [0.25, 0.3) is 0 Å². The van der Waals surface area contributed by atoms with E-state index in [1.165, 1.54) is 0 Å². The Hall–Kier alpha value is -1.51. The lowest BCUT2D eigenvalue weighted by atomic mass is 10.1. The van der Waals surface area contributed by atoms with E-state index in [9.17, 15) is 8.78 Å². The van der Waals surface area contributed by atoms with E-state index in [0.717, 1.165) is 24.7 Å². The zero-order chi connectivity index (χ0) is 12.8. The lowest BCUT2D eigenvalue weighted by Crippen LogP contribution is -2.29. The van der Waals surface area contributed by atoms with Gasteiger partial charge in [-0.2, -0.15) is 5.26 Å². The van der Waals surface area contributed by atoms with Gasteiger partial charge in [-0.15, -0.1) is 0 Å². The summed E-state index contributed by atoms with van der Waals surface area (Å²) >= 11 is 0. The molecule has 0 fully saturated rings. The van der Waals surface area contributed by atoms with Crippen LogP contribution in [0.3, 0.4) is 0 Å². The zero-order valence-electron chi connectivity index (χ0n) is 9.87. The van der Waals surface area contributed by atoms with E-state index in [4.69, 9.17) is 5.26 Å². The van der Waals surface area contributed by atoms with Gasteiger partial charge in [-0.3, -0.25) is 5.32 Å². The minimum Gasteiger partial charge on any atom is -0.308 e. The highest BCUT2D eigenvalue weighted by Crippen LogP contribution is 2.17. The summed E-state index contributed by atoms with van der Waals surface area (Å²) in [7, 11) is 3.79. The summed E-state index contributed by atoms with van der Waals surface area (Å²) in [5.74, 6) is -1.12. The fourth-order valence-electron chi connectivity index (χ4n) is 1.39. The maximum absolute atomic E-state index is 13.4. The Morgan fingerprint density at radius 1 is 1.41 bits per heavy atom. The van der Waals surface area contributed by atoms with Crippen molar-refractivity contribution in [2.24, 2.45) is 0 Å². The van der Waals surface area contributed by atoms with E-state index < -0.39 is 17.7 Å². The molecule has 0 spiro atoms. The molecule has 5 heteroatoms. The summed E-state index contributed by atoms with van der Waals surface area (Å²) in [6.45, 7) is 1.25. The Morgan fingerprint density at radius 2 is 2.12 bits per heavy atom. The van der Waals surface area contributed by atoms with Crippen LogP contribution in [0.1, 0.15) is 11.6 Å². The standard InChI is InChI=1S/C12H15F2N3/c1-17(2)6-5-16-12(8-15)10-7-9(13)3-4-11(10)14/h3-4,7,12,16H,5-6H2,1-2H3. The van der Waals surface area contributed by atoms with Crippen molar-refractivity contribution in [2.45, 2.75) is 6.04 Å². The van der Waals surface area contributed by atoms with Crippen LogP contribution in [0.15, 0.2) is 18.2 Å². The topological polar surface area (TPSA) is 39.1 Å². The summed E-state index contributed by atoms with van der Waals surface area (Å²) in [6, 6.07) is 4.21. The number of nitrogens with one attached hydrogen (secondary N) is 1. The second-order valence-electron chi connectivity index (χ2n) is 3.99. The molecule has 1 atom stereocenters. The van der Waals surface area contributed by atoms with Gasteiger partial charge in [0.25, 0.3) is 0 Å². The third-order valence-electron chi connectivity index (χ3n) is 2.31. The average Bonchev–Trinajstić information content (AvgIpc) is 2.28. The van der Waals surface area contributed by atoms with Gasteiger partial charge in [-0.05, 0) is 32.3 Å². The van der Waals surface area contributed by atoms with Gasteiger partial charge >= 0.3 is 0 Å². The molecular formula is C12H15F2N3. The number of benzene rings is 1. The monoisotopic (exact) mass is 239 g/mol. The SMILES string of the molecule is CN(C)CCNC(C#N)c1cc(F)ccc1F. The summed E-state index contributed by atoms with van der Waals surface area (Å²) in [5, 5.41) is 11.8. The molecule has 0 aliphatic rings. The van der Waals surface area contributed by atoms with Crippen LogP contribution in [0, 0.1) is 23.0 Å². The van der Waals surface area contributed by atoms with E-state index in [-0.39, 0.29) is 5.56 Å². The second kappa shape index (κ2) is 6.28. The highest BCUT2D eigenvalue weighted by atomic mass is 19.1. The third kappa shape index (κ3) is 4.10. The molecule has 0 bridgehead atoms. The van der Waals surface area contributed by atoms with Gasteiger partial charge in [0, 0.05) is 18.7 Å². The summed E-state index contributed by atoms with van der Waals surface area (Å²) < 4.78 is 26.4. The minimum absolute atomic E-state index is 0.0475. The quantitative estimate of drug-likeness (QED) is 0.849. The molecule has 0 saturated heterocycles. The van der Waals surface area contributed by atoms with Crippen molar-refractivity contribution in [1.29, 1.82) is 5.26 Å². The van der Waals surface area contributed by atoms with Crippen LogP contribution in [-0.2, 0) is 0 Å². The molecule has 1 aromatic carbocycles. The fourth-order valence-corrected chi connectivity index (χ4v) is 1.39. The molecule has 1 rings (SSSR count). The van der Waals surface area contributed by atoms with Gasteiger partial charge in [0.2, 0.25) is 0 Å². The molecule has 0 heterocycles. The molecule has 0 aliphatic carbocycles. The lowest BCUT2D eigenvalue weighted by molar-refractivity contribution is 0.393. The van der Waals surface area contributed by atoms with Crippen molar-refractivity contribution < 1.29 is 8.78 Å². The van der Waals surface area contributed by atoms with Crippen molar-refractivity contribution in [1.82, 2.24) is 10.2 Å². The Kier molecular flexibility index (Phi) is 5.01. The van der Waals surface area contributed by atoms with Gasteiger partial charge in [0.15, 0.2) is 0 Å². The van der Waals surface area contributed by atoms with Crippen molar-refractivity contribution in [3.63, 3.8) is 0 Å². The second-order valence-corrected chi connectivity index (χ2v) is 3.99. The Morgan fingerprint density at radius 3 is 2.71 bits per heavy atom. The van der Waals surface area contributed by atoms with Gasteiger partial charge in [0.05, 0.1) is 6.07 Å². The van der Waals surface area contributed by atoms with Crippen LogP contribution >= 0.6 is 0 Å². The van der Waals surface area contributed by atoms with Gasteiger partial charge in [-0.25, -0.2) is 8.78 Å². The van der Waals surface area contributed by atoms with Crippen LogP contribution < -0.4 is 5.32 Å². The molecule has 17 heavy (non-hydrogen) atoms. The van der Waals surface area contributed by atoms with E-state index in [1.807, 2.05) is 25.1 Å². The summed E-state index contributed by atoms with van der Waals surface area (Å²) in [4.78, 5) is 1.93. The number of nitriles is 1. The predicted octanol–water partition coefficient (Wildman–Crippen LogP) is 1.68. The molecule has 0 aliphatic heterocycles. The van der Waals surface area contributed by atoms with Crippen LogP contribution in [0.2, 0.25) is 0 Å². The predicted molar refractivity (Wildman–Crippen MR) is 61.3 cm³/mol. The third-order valence-corrected chi connectivity index (χ3v) is 2.31. The number of hydrogen-bond donors (Lipinski definition) is 1. The van der Waals surface area contributed by atoms with Crippen molar-refractivity contribution in [2.75, 3.05) is 27.2 Å². The molecule has 92 valence electrons. The van der Waals surface area contributed by atoms with E-state index in [0.29, 0.717) is 6.54 Å². The molecule has 0 aromatic heterocycles. The zero-order valence-corrected chi connectivity index (χ0v) is 9.87. The number of nitrogens with zero attached hydrogens (tertiary/aromatic N) is 2. The Balaban J connectivity index is 2.73. The Bertz CT molecular complexity index is 413. The first-order valence-corrected chi connectivity index (χ1v) is 5.27. The van der Waals surface area contributed by atoms with Gasteiger partial charge in [0.1, 0.15) is 17.7 Å². The largest absolute Gasteiger partial charge is 0.308 e. The summed E-state index contributed by atoms with van der Waals surface area (Å²) in [5.41, 5.74) is 0.0475. The van der Waals surface area contributed by atoms with E-state index >= 15 is 0 Å². The van der Waals surface area contributed by atoms with Crippen LogP contribution in [0.4, 0.5) is 8.78 Å². The smallest absolute Gasteiger partial charge is 0.129 e. The lowest BCUT2D eigenvalue weighted by Gasteiger charge is -2.15. The highest BCUT2D eigenvalue weighted by molar-refractivity contribution is 5.26. The normalized spacial score (nSPS) is 12.5. The molecule has 0 radical (unpaired) electrons. The number of halogens is 2. The van der Waals surface area contributed by atoms with Crippen molar-refractivity contribution >= 4 is 0 Å². The maximum atomic E-state index is 13.4. The van der Waals surface area contributed by atoms with Crippen LogP contribution in [-0.4, -0.2) is 32.1 Å². The van der Waals surface area contributed by atoms with Gasteiger partial charge in [-0.1, -0.05) is 0 Å². The number of rotatable bonds is 5. The Labute approximate surface area is 99.7 Å². The minimum atomic E-state index is -0.828. The maximum Gasteiger partial charge on any atom is 0.129 e. The first-order chi connectivity index (χ1) is 8.04. The molecular weight excluding hydrogens is 224 g/mol. The molecule has 0 saturated carbocycles. The molecule has 3 nitrogen and oxygen atoms in total. The highest BCUT2D eigenvalue weighted by Gasteiger charge is 2.15. The van der Waals surface area contributed by atoms with Crippen molar-refractivity contribution in [3.05, 3.63) is 35.4 Å².